The molecule has 0 unspecified atom stereocenters. The lowest BCUT2D eigenvalue weighted by molar-refractivity contribution is -0.178. The van der Waals surface area contributed by atoms with Gasteiger partial charge in [0.1, 0.15) is 0 Å². The van der Waals surface area contributed by atoms with Gasteiger partial charge in [0.15, 0.2) is 0 Å². The Balaban J connectivity index is 7.31. The summed E-state index contributed by atoms with van der Waals surface area (Å²) in [6, 6.07) is 0. The number of carbonyl (C=O) groups is 9. The molecule has 188 valence electrons. The first kappa shape index (κ1) is 29.2. The number of carboxylic acids is 9. The summed E-state index contributed by atoms with van der Waals surface area (Å²) in [5, 5.41) is 82.9. The fourth-order valence-electron chi connectivity index (χ4n) is 3.12. The van der Waals surface area contributed by atoms with Gasteiger partial charge in [-0.05, 0) is 25.2 Å². The van der Waals surface area contributed by atoms with E-state index in [2.05, 4.69) is 0 Å². The van der Waals surface area contributed by atoms with Crippen molar-refractivity contribution in [2.45, 2.75) is 19.3 Å². The molecule has 0 aromatic rings. The molecule has 9 N–H and O–H groups in total. The lowest BCUT2D eigenvalue weighted by Crippen LogP contribution is -2.54. The first-order valence-electron chi connectivity index (χ1n) is 8.38. The van der Waals surface area contributed by atoms with Crippen molar-refractivity contribution in [3.05, 3.63) is 0 Å². The van der Waals surface area contributed by atoms with Crippen molar-refractivity contribution >= 4 is 53.7 Å². The molecule has 0 rings (SSSR count). The Morgan fingerprint density at radius 3 is 0.559 bits per heavy atom. The van der Waals surface area contributed by atoms with Crippen molar-refractivity contribution in [2.24, 2.45) is 22.2 Å². The Hall–Kier alpha value is -4.77. The third-order valence-electron chi connectivity index (χ3n) is 5.07. The summed E-state index contributed by atoms with van der Waals surface area (Å²) in [4.78, 5) is 104. The molecule has 0 atom stereocenters. The summed E-state index contributed by atoms with van der Waals surface area (Å²) in [5.41, 5.74) is -12.1. The van der Waals surface area contributed by atoms with Gasteiger partial charge in [-0.3, -0.25) is 43.2 Å². The van der Waals surface area contributed by atoms with Crippen LogP contribution in [-0.4, -0.2) is 99.7 Å². The van der Waals surface area contributed by atoms with Crippen molar-refractivity contribution in [3.8, 4) is 0 Å². The molecule has 18 nitrogen and oxygen atoms in total. The molecular weight excluding hydrogens is 480 g/mol. The van der Waals surface area contributed by atoms with Gasteiger partial charge < -0.3 is 46.0 Å². The van der Waals surface area contributed by atoms with Crippen LogP contribution in [0.25, 0.3) is 0 Å². The van der Waals surface area contributed by atoms with Crippen molar-refractivity contribution in [1.29, 1.82) is 0 Å². The number of rotatable bonds is 15. The standard InChI is InChI=1S/C16H16O18/c17-5(18)14(6(19)20,7(21)22)1-4(2-15(8(23)24,9(25)26)10(27)28)3-16(11(29)30,12(31)32)13(33)34/h4H,1-3H2,(H,17,18)(H,19,20)(H,21,22)(H,23,24)(H,25,26)(H,27,28)(H,29,30)(H,31,32)(H,33,34). The van der Waals surface area contributed by atoms with E-state index in [1.807, 2.05) is 0 Å². The lowest BCUT2D eigenvalue weighted by atomic mass is 9.66. The van der Waals surface area contributed by atoms with E-state index in [1.54, 1.807) is 0 Å². The predicted molar refractivity (Wildman–Crippen MR) is 93.4 cm³/mol. The van der Waals surface area contributed by atoms with Crippen LogP contribution in [0.1, 0.15) is 19.3 Å². The largest absolute Gasteiger partial charge is 0.480 e. The van der Waals surface area contributed by atoms with E-state index in [-0.39, 0.29) is 0 Å². The normalized spacial score (nSPS) is 11.9. The maximum Gasteiger partial charge on any atom is 0.332 e. The van der Waals surface area contributed by atoms with E-state index in [1.165, 1.54) is 0 Å². The highest BCUT2D eigenvalue weighted by atomic mass is 16.4. The molecule has 0 aromatic heterocycles. The second-order valence-corrected chi connectivity index (χ2v) is 6.94. The van der Waals surface area contributed by atoms with E-state index in [0.717, 1.165) is 0 Å². The SMILES string of the molecule is O=C(O)C(CC(CC(C(=O)O)(C(=O)O)C(=O)O)CC(C(=O)O)(C(=O)O)C(=O)O)(C(=O)O)C(=O)O. The summed E-state index contributed by atoms with van der Waals surface area (Å²) < 4.78 is 0. The highest BCUT2D eigenvalue weighted by Gasteiger charge is 2.63. The van der Waals surface area contributed by atoms with Crippen LogP contribution < -0.4 is 0 Å². The highest BCUT2D eigenvalue weighted by Crippen LogP contribution is 2.42. The van der Waals surface area contributed by atoms with Gasteiger partial charge in [-0.1, -0.05) is 0 Å². The molecule has 0 spiro atoms. The second-order valence-electron chi connectivity index (χ2n) is 6.94. The van der Waals surface area contributed by atoms with Crippen LogP contribution >= 0.6 is 0 Å². The van der Waals surface area contributed by atoms with Gasteiger partial charge in [0, 0.05) is 0 Å². The molecule has 0 aliphatic rings. The van der Waals surface area contributed by atoms with Gasteiger partial charge in [0.05, 0.1) is 0 Å². The van der Waals surface area contributed by atoms with Gasteiger partial charge in [-0.15, -0.1) is 0 Å². The third kappa shape index (κ3) is 4.54. The van der Waals surface area contributed by atoms with E-state index in [4.69, 9.17) is 0 Å². The molecule has 0 saturated carbocycles. The van der Waals surface area contributed by atoms with Crippen LogP contribution in [-0.2, 0) is 43.2 Å². The van der Waals surface area contributed by atoms with Gasteiger partial charge >= 0.3 is 53.7 Å². The Bertz CT molecular complexity index is 741. The summed E-state index contributed by atoms with van der Waals surface area (Å²) in [5.74, 6) is -26.8. The van der Waals surface area contributed by atoms with Crippen LogP contribution in [0.4, 0.5) is 0 Å². The van der Waals surface area contributed by atoms with Crippen molar-refractivity contribution in [3.63, 3.8) is 0 Å². The molecule has 0 fully saturated rings. The minimum absolute atomic E-state index is 2.00. The monoisotopic (exact) mass is 496 g/mol. The molecule has 0 saturated heterocycles. The molecule has 34 heavy (non-hydrogen) atoms. The number of aliphatic carboxylic acids is 9. The maximum absolute atomic E-state index is 11.5. The average molecular weight is 496 g/mol. The zero-order valence-corrected chi connectivity index (χ0v) is 16.4. The summed E-state index contributed by atoms with van der Waals surface area (Å²) in [6.45, 7) is 0. The summed E-state index contributed by atoms with van der Waals surface area (Å²) in [7, 11) is 0. The van der Waals surface area contributed by atoms with Crippen LogP contribution in [0.2, 0.25) is 0 Å². The van der Waals surface area contributed by atoms with Crippen LogP contribution in [0.5, 0.6) is 0 Å². The van der Waals surface area contributed by atoms with Gasteiger partial charge in [-0.2, -0.15) is 0 Å². The third-order valence-corrected chi connectivity index (χ3v) is 5.07. The zero-order valence-electron chi connectivity index (χ0n) is 16.4. The molecular formula is C16H16O18. The molecule has 0 heterocycles. The van der Waals surface area contributed by atoms with E-state index in [9.17, 15) is 89.1 Å². The fraction of sp³-hybridized carbons (Fsp3) is 0.438. The van der Waals surface area contributed by atoms with Crippen molar-refractivity contribution < 1.29 is 89.1 Å². The minimum atomic E-state index is -4.02. The van der Waals surface area contributed by atoms with Gasteiger partial charge in [0.2, 0.25) is 0 Å². The maximum atomic E-state index is 11.5. The van der Waals surface area contributed by atoms with Crippen molar-refractivity contribution in [2.75, 3.05) is 0 Å². The molecule has 0 radical (unpaired) electrons. The zero-order chi connectivity index (χ0) is 27.4. The van der Waals surface area contributed by atoms with E-state index >= 15 is 0 Å². The van der Waals surface area contributed by atoms with Crippen LogP contribution in [0.3, 0.4) is 0 Å². The van der Waals surface area contributed by atoms with E-state index < -0.39 is 95.1 Å². The topological polar surface area (TPSA) is 336 Å². The average Bonchev–Trinajstić information content (AvgIpc) is 2.64. The lowest BCUT2D eigenvalue weighted by Gasteiger charge is -2.33. The first-order valence-corrected chi connectivity index (χ1v) is 8.38. The number of hydrogen-bond acceptors (Lipinski definition) is 9. The van der Waals surface area contributed by atoms with Gasteiger partial charge in [-0.25, -0.2) is 0 Å². The van der Waals surface area contributed by atoms with Crippen LogP contribution in [0, 0.1) is 22.2 Å². The molecule has 0 aliphatic carbocycles. The molecule has 0 aliphatic heterocycles. The highest BCUT2D eigenvalue weighted by molar-refractivity contribution is 6.18. The Labute approximate surface area is 185 Å². The molecule has 0 aromatic carbocycles. The Kier molecular flexibility index (Phi) is 8.42. The molecule has 18 heteroatoms. The number of carboxylic acid groups (broad SMARTS) is 9. The minimum Gasteiger partial charge on any atom is -0.480 e. The van der Waals surface area contributed by atoms with E-state index in [0.29, 0.717) is 0 Å². The van der Waals surface area contributed by atoms with Gasteiger partial charge in [0.25, 0.3) is 16.2 Å². The first-order chi connectivity index (χ1) is 15.3. The summed E-state index contributed by atoms with van der Waals surface area (Å²) >= 11 is 0. The fourth-order valence-corrected chi connectivity index (χ4v) is 3.12. The predicted octanol–water partition coefficient (Wildman–Crippen LogP) is -2.51. The number of hydrogen-bond donors (Lipinski definition) is 9. The second kappa shape index (κ2) is 9.79. The Morgan fingerprint density at radius 1 is 0.353 bits per heavy atom. The molecule has 0 bridgehead atoms. The molecule has 0 amide bonds. The Morgan fingerprint density at radius 2 is 0.471 bits per heavy atom. The van der Waals surface area contributed by atoms with Crippen LogP contribution in [0.15, 0.2) is 0 Å². The summed E-state index contributed by atoms with van der Waals surface area (Å²) in [6.07, 6.45) is -6.01. The quantitative estimate of drug-likeness (QED) is 0.106. The van der Waals surface area contributed by atoms with Crippen molar-refractivity contribution in [1.82, 2.24) is 0 Å². The smallest absolute Gasteiger partial charge is 0.332 e.